The number of aliphatic hydroxyl groups is 1. The number of benzene rings is 1. The van der Waals surface area contributed by atoms with E-state index in [4.69, 9.17) is 0 Å². The predicted molar refractivity (Wildman–Crippen MR) is 75.0 cm³/mol. The molecule has 1 aromatic carbocycles. The normalized spacial score (nSPS) is 16.9. The second-order valence-corrected chi connectivity index (χ2v) is 5.14. The van der Waals surface area contributed by atoms with Crippen molar-refractivity contribution >= 4 is 11.8 Å². The molecule has 0 bridgehead atoms. The molecule has 1 heterocycles. The Morgan fingerprint density at radius 3 is 2.05 bits per heavy atom. The zero-order valence-electron chi connectivity index (χ0n) is 11.9. The first kappa shape index (κ1) is 14.5. The average molecular weight is 276 g/mol. The van der Waals surface area contributed by atoms with E-state index in [1.807, 2.05) is 19.1 Å². The van der Waals surface area contributed by atoms with Crippen LogP contribution in [0.15, 0.2) is 24.3 Å². The van der Waals surface area contributed by atoms with Crippen LogP contribution in [0.2, 0.25) is 0 Å². The highest BCUT2D eigenvalue weighted by atomic mass is 16.3. The molecule has 20 heavy (non-hydrogen) atoms. The van der Waals surface area contributed by atoms with Crippen molar-refractivity contribution in [2.24, 2.45) is 0 Å². The molecule has 1 fully saturated rings. The van der Waals surface area contributed by atoms with Crippen LogP contribution in [0.4, 0.5) is 0 Å². The smallest absolute Gasteiger partial charge is 0.256 e. The number of hydrogen-bond donors (Lipinski definition) is 1. The Kier molecular flexibility index (Phi) is 4.39. The number of piperazine rings is 1. The molecule has 1 N–H and O–H groups in total. The number of nitrogens with zero attached hydrogens (tertiary/aromatic N) is 2. The first-order valence-electron chi connectivity index (χ1n) is 6.78. The van der Waals surface area contributed by atoms with Gasteiger partial charge in [0.25, 0.3) is 5.91 Å². The molecule has 108 valence electrons. The molecule has 5 nitrogen and oxygen atoms in total. The number of aryl methyl sites for hydroxylation is 1. The number of hydrogen-bond acceptors (Lipinski definition) is 3. The average Bonchev–Trinajstić information content (AvgIpc) is 2.46. The molecule has 5 heteroatoms. The van der Waals surface area contributed by atoms with Crippen LogP contribution >= 0.6 is 0 Å². The fraction of sp³-hybridized carbons (Fsp3) is 0.467. The minimum absolute atomic E-state index is 0.0242. The van der Waals surface area contributed by atoms with E-state index >= 15 is 0 Å². The third kappa shape index (κ3) is 3.17. The number of carbonyl (C=O) groups is 2. The van der Waals surface area contributed by atoms with Crippen LogP contribution in [0.25, 0.3) is 0 Å². The molecule has 0 spiro atoms. The topological polar surface area (TPSA) is 60.9 Å². The van der Waals surface area contributed by atoms with E-state index in [2.05, 4.69) is 0 Å². The summed E-state index contributed by atoms with van der Waals surface area (Å²) in [5.41, 5.74) is 1.69. The monoisotopic (exact) mass is 276 g/mol. The highest BCUT2D eigenvalue weighted by Crippen LogP contribution is 2.17. The van der Waals surface area contributed by atoms with Gasteiger partial charge in [-0.05, 0) is 12.5 Å². The van der Waals surface area contributed by atoms with Crippen molar-refractivity contribution in [3.8, 4) is 0 Å². The van der Waals surface area contributed by atoms with Gasteiger partial charge in [0.2, 0.25) is 5.91 Å². The van der Waals surface area contributed by atoms with E-state index in [0.717, 1.165) is 5.56 Å². The van der Waals surface area contributed by atoms with Crippen LogP contribution < -0.4 is 0 Å². The summed E-state index contributed by atoms with van der Waals surface area (Å²) < 4.78 is 0. The Hall–Kier alpha value is -1.88. The van der Waals surface area contributed by atoms with Crippen molar-refractivity contribution in [1.29, 1.82) is 0 Å². The van der Waals surface area contributed by atoms with E-state index in [0.29, 0.717) is 31.7 Å². The minimum Gasteiger partial charge on any atom is -0.378 e. The Bertz CT molecular complexity index is 490. The van der Waals surface area contributed by atoms with Crippen molar-refractivity contribution in [3.63, 3.8) is 0 Å². The molecule has 1 aliphatic heterocycles. The van der Waals surface area contributed by atoms with Crippen molar-refractivity contribution in [1.82, 2.24) is 9.80 Å². The van der Waals surface area contributed by atoms with Gasteiger partial charge in [-0.3, -0.25) is 9.59 Å². The summed E-state index contributed by atoms with van der Waals surface area (Å²) in [4.78, 5) is 26.8. The van der Waals surface area contributed by atoms with Crippen LogP contribution in [0.5, 0.6) is 0 Å². The van der Waals surface area contributed by atoms with Gasteiger partial charge in [-0.1, -0.05) is 29.8 Å². The predicted octanol–water partition coefficient (Wildman–Crippen LogP) is 0.719. The standard InChI is InChI=1S/C15H20N2O3/c1-11-3-5-13(6-4-11)14(19)15(20)17-9-7-16(8-10-17)12(2)18/h3-6,14,19H,7-10H2,1-2H3. The summed E-state index contributed by atoms with van der Waals surface area (Å²) >= 11 is 0. The van der Waals surface area contributed by atoms with Gasteiger partial charge in [0.05, 0.1) is 0 Å². The zero-order valence-corrected chi connectivity index (χ0v) is 11.9. The van der Waals surface area contributed by atoms with Gasteiger partial charge in [-0.2, -0.15) is 0 Å². The summed E-state index contributed by atoms with van der Waals surface area (Å²) in [5.74, 6) is -0.270. The van der Waals surface area contributed by atoms with Crippen molar-refractivity contribution in [3.05, 3.63) is 35.4 Å². The first-order chi connectivity index (χ1) is 9.49. The summed E-state index contributed by atoms with van der Waals surface area (Å²) in [6.07, 6.45) is -1.13. The van der Waals surface area contributed by atoms with E-state index in [9.17, 15) is 14.7 Å². The molecule has 0 radical (unpaired) electrons. The Morgan fingerprint density at radius 1 is 1.05 bits per heavy atom. The van der Waals surface area contributed by atoms with Crippen molar-refractivity contribution in [2.75, 3.05) is 26.2 Å². The molecule has 0 saturated carbocycles. The quantitative estimate of drug-likeness (QED) is 0.866. The molecule has 1 aromatic rings. The van der Waals surface area contributed by atoms with Gasteiger partial charge in [-0.15, -0.1) is 0 Å². The van der Waals surface area contributed by atoms with Crippen LogP contribution in [-0.2, 0) is 9.59 Å². The largest absolute Gasteiger partial charge is 0.378 e. The molecule has 2 amide bonds. The van der Waals surface area contributed by atoms with Gasteiger partial charge in [0.15, 0.2) is 6.10 Å². The summed E-state index contributed by atoms with van der Waals surface area (Å²) in [7, 11) is 0. The Labute approximate surface area is 118 Å². The van der Waals surface area contributed by atoms with E-state index in [-0.39, 0.29) is 11.8 Å². The van der Waals surface area contributed by atoms with Crippen LogP contribution in [0, 0.1) is 6.92 Å². The summed E-state index contributed by atoms with van der Waals surface area (Å²) in [5, 5.41) is 10.1. The third-order valence-corrected chi connectivity index (χ3v) is 3.66. The lowest BCUT2D eigenvalue weighted by Crippen LogP contribution is -2.51. The fourth-order valence-corrected chi connectivity index (χ4v) is 2.31. The second-order valence-electron chi connectivity index (χ2n) is 5.14. The van der Waals surface area contributed by atoms with E-state index in [1.165, 1.54) is 6.92 Å². The van der Waals surface area contributed by atoms with E-state index in [1.54, 1.807) is 21.9 Å². The van der Waals surface area contributed by atoms with Gasteiger partial charge < -0.3 is 14.9 Å². The van der Waals surface area contributed by atoms with Crippen LogP contribution in [0.1, 0.15) is 24.2 Å². The number of aliphatic hydroxyl groups excluding tert-OH is 1. The molecule has 1 unspecified atom stereocenters. The fourth-order valence-electron chi connectivity index (χ4n) is 2.31. The maximum absolute atomic E-state index is 12.2. The number of amides is 2. The zero-order chi connectivity index (χ0) is 14.7. The molecular weight excluding hydrogens is 256 g/mol. The lowest BCUT2D eigenvalue weighted by atomic mass is 10.1. The SMILES string of the molecule is CC(=O)N1CCN(C(=O)C(O)c2ccc(C)cc2)CC1. The molecule has 1 atom stereocenters. The number of rotatable bonds is 2. The summed E-state index contributed by atoms with van der Waals surface area (Å²) in [6.45, 7) is 5.49. The van der Waals surface area contributed by atoms with Gasteiger partial charge >= 0.3 is 0 Å². The third-order valence-electron chi connectivity index (χ3n) is 3.66. The Morgan fingerprint density at radius 2 is 1.55 bits per heavy atom. The molecule has 1 saturated heterocycles. The molecular formula is C15H20N2O3. The van der Waals surface area contributed by atoms with E-state index < -0.39 is 6.10 Å². The van der Waals surface area contributed by atoms with Gasteiger partial charge in [-0.25, -0.2) is 0 Å². The van der Waals surface area contributed by atoms with Gasteiger partial charge in [0.1, 0.15) is 0 Å². The lowest BCUT2D eigenvalue weighted by molar-refractivity contribution is -0.145. The summed E-state index contributed by atoms with van der Waals surface area (Å²) in [6, 6.07) is 7.28. The second kappa shape index (κ2) is 6.05. The minimum atomic E-state index is -1.13. The van der Waals surface area contributed by atoms with Crippen LogP contribution in [-0.4, -0.2) is 52.9 Å². The number of carbonyl (C=O) groups excluding carboxylic acids is 2. The molecule has 0 aromatic heterocycles. The highest BCUT2D eigenvalue weighted by Gasteiger charge is 2.27. The van der Waals surface area contributed by atoms with Crippen LogP contribution in [0.3, 0.4) is 0 Å². The highest BCUT2D eigenvalue weighted by molar-refractivity contribution is 5.82. The Balaban J connectivity index is 1.98. The molecule has 1 aliphatic rings. The maximum atomic E-state index is 12.2. The lowest BCUT2D eigenvalue weighted by Gasteiger charge is -2.35. The molecule has 0 aliphatic carbocycles. The maximum Gasteiger partial charge on any atom is 0.256 e. The first-order valence-corrected chi connectivity index (χ1v) is 6.78. The van der Waals surface area contributed by atoms with Crippen molar-refractivity contribution < 1.29 is 14.7 Å². The molecule has 2 rings (SSSR count). The van der Waals surface area contributed by atoms with Crippen molar-refractivity contribution in [2.45, 2.75) is 20.0 Å². The van der Waals surface area contributed by atoms with Gasteiger partial charge in [0, 0.05) is 33.1 Å².